The van der Waals surface area contributed by atoms with Crippen molar-refractivity contribution >= 4 is 5.97 Å². The molecular weight excluding hydrogens is 286 g/mol. The fourth-order valence-corrected chi connectivity index (χ4v) is 2.21. The molecule has 0 amide bonds. The van der Waals surface area contributed by atoms with Crippen LogP contribution in [0.15, 0.2) is 42.5 Å². The maximum atomic E-state index is 11.1. The third-order valence-corrected chi connectivity index (χ3v) is 3.18. The molecule has 2 aromatic carbocycles. The van der Waals surface area contributed by atoms with E-state index >= 15 is 0 Å². The van der Waals surface area contributed by atoms with E-state index in [0.717, 1.165) is 16.9 Å². The molecule has 0 bridgehead atoms. The molecule has 1 N–H and O–H groups in total. The van der Waals surface area contributed by atoms with Gasteiger partial charge in [-0.05, 0) is 47.9 Å². The number of carbonyl (C=O) groups is 1. The molecule has 0 heterocycles. The van der Waals surface area contributed by atoms with Crippen molar-refractivity contribution in [1.29, 1.82) is 0 Å². The van der Waals surface area contributed by atoms with Crippen LogP contribution < -0.4 is 4.74 Å². The predicted octanol–water partition coefficient (Wildman–Crippen LogP) is 2.76. The summed E-state index contributed by atoms with van der Waals surface area (Å²) in [5, 5.41) is 19.8. The minimum absolute atomic E-state index is 0.0582. The first kappa shape index (κ1) is 15.5. The first-order valence-corrected chi connectivity index (χ1v) is 6.59. The fourth-order valence-electron chi connectivity index (χ4n) is 2.21. The van der Waals surface area contributed by atoms with Crippen LogP contribution in [0.25, 0.3) is 0 Å². The molecule has 2 rings (SSSR count). The average Bonchev–Trinajstić information content (AvgIpc) is 2.47. The second-order valence-corrected chi connectivity index (χ2v) is 4.86. The molecule has 0 saturated carbocycles. The normalized spacial score (nSPS) is 10.2. The lowest BCUT2D eigenvalue weighted by molar-refractivity contribution is -0.496. The number of benzene rings is 2. The van der Waals surface area contributed by atoms with E-state index in [4.69, 9.17) is 9.84 Å². The Morgan fingerprint density at radius 2 is 1.77 bits per heavy atom. The molecule has 2 aromatic rings. The number of hydrogen-bond donors (Lipinski definition) is 1. The molecule has 0 atom stereocenters. The zero-order valence-electron chi connectivity index (χ0n) is 12.0. The van der Waals surface area contributed by atoms with Gasteiger partial charge in [-0.15, -0.1) is 0 Å². The van der Waals surface area contributed by atoms with E-state index < -0.39 is 17.4 Å². The Morgan fingerprint density at radius 1 is 1.14 bits per heavy atom. The van der Waals surface area contributed by atoms with Crippen molar-refractivity contribution in [2.75, 3.05) is 7.11 Å². The topological polar surface area (TPSA) is 89.7 Å². The number of nitro groups is 1. The number of ether oxygens (including phenoxy) is 1. The first-order chi connectivity index (χ1) is 10.5. The molecule has 0 aromatic heterocycles. The van der Waals surface area contributed by atoms with E-state index in [1.807, 2.05) is 24.3 Å². The number of methoxy groups -OCH3 is 1. The van der Waals surface area contributed by atoms with Gasteiger partial charge in [0, 0.05) is 10.5 Å². The molecule has 22 heavy (non-hydrogen) atoms. The van der Waals surface area contributed by atoms with Crippen molar-refractivity contribution in [3.63, 3.8) is 0 Å². The van der Waals surface area contributed by atoms with Crippen LogP contribution in [0.1, 0.15) is 27.0 Å². The maximum absolute atomic E-state index is 11.1. The van der Waals surface area contributed by atoms with Gasteiger partial charge in [0.05, 0.1) is 12.7 Å². The maximum Gasteiger partial charge on any atom is 0.335 e. The van der Waals surface area contributed by atoms with Crippen LogP contribution in [0.3, 0.4) is 0 Å². The summed E-state index contributed by atoms with van der Waals surface area (Å²) in [6.45, 7) is -0.392. The summed E-state index contributed by atoms with van der Waals surface area (Å²) in [5.41, 5.74) is 2.13. The Kier molecular flexibility index (Phi) is 4.73. The highest BCUT2D eigenvalue weighted by Gasteiger charge is 2.11. The molecule has 0 unspecified atom stereocenters. The van der Waals surface area contributed by atoms with Crippen molar-refractivity contribution in [2.45, 2.75) is 13.0 Å². The summed E-state index contributed by atoms with van der Waals surface area (Å²) in [6, 6.07) is 11.9. The Bertz CT molecular complexity index is 694. The van der Waals surface area contributed by atoms with Gasteiger partial charge in [-0.3, -0.25) is 10.1 Å². The highest BCUT2D eigenvalue weighted by Crippen LogP contribution is 2.18. The highest BCUT2D eigenvalue weighted by atomic mass is 16.6. The van der Waals surface area contributed by atoms with Crippen LogP contribution in [0.5, 0.6) is 5.75 Å². The van der Waals surface area contributed by atoms with Crippen molar-refractivity contribution in [1.82, 2.24) is 0 Å². The number of aromatic carboxylic acids is 1. The fraction of sp³-hybridized carbons (Fsp3) is 0.188. The van der Waals surface area contributed by atoms with Gasteiger partial charge < -0.3 is 9.84 Å². The monoisotopic (exact) mass is 301 g/mol. The summed E-state index contributed by atoms with van der Waals surface area (Å²) >= 11 is 0. The number of nitrogens with zero attached hydrogens (tertiary/aromatic N) is 1. The smallest absolute Gasteiger partial charge is 0.335 e. The second kappa shape index (κ2) is 6.71. The average molecular weight is 301 g/mol. The predicted molar refractivity (Wildman–Crippen MR) is 79.9 cm³/mol. The van der Waals surface area contributed by atoms with E-state index in [9.17, 15) is 14.9 Å². The zero-order chi connectivity index (χ0) is 16.1. The third kappa shape index (κ3) is 4.05. The van der Waals surface area contributed by atoms with E-state index in [0.29, 0.717) is 12.0 Å². The van der Waals surface area contributed by atoms with Gasteiger partial charge in [-0.1, -0.05) is 12.1 Å². The van der Waals surface area contributed by atoms with Crippen LogP contribution in [-0.2, 0) is 13.0 Å². The van der Waals surface area contributed by atoms with Crippen LogP contribution in [0.4, 0.5) is 0 Å². The minimum Gasteiger partial charge on any atom is -0.497 e. The van der Waals surface area contributed by atoms with Crippen LogP contribution in [0.2, 0.25) is 0 Å². The summed E-state index contributed by atoms with van der Waals surface area (Å²) in [6.07, 6.45) is 0.496. The van der Waals surface area contributed by atoms with Crippen LogP contribution in [-0.4, -0.2) is 23.1 Å². The molecule has 114 valence electrons. The van der Waals surface area contributed by atoms with Gasteiger partial charge in [0.1, 0.15) is 5.75 Å². The van der Waals surface area contributed by atoms with Gasteiger partial charge in [0.2, 0.25) is 6.54 Å². The summed E-state index contributed by atoms with van der Waals surface area (Å²) in [7, 11) is 1.58. The van der Waals surface area contributed by atoms with Gasteiger partial charge in [0.25, 0.3) is 0 Å². The van der Waals surface area contributed by atoms with Crippen molar-refractivity contribution < 1.29 is 19.6 Å². The lowest BCUT2D eigenvalue weighted by atomic mass is 9.99. The molecule has 6 heteroatoms. The van der Waals surface area contributed by atoms with E-state index in [1.54, 1.807) is 13.2 Å². The van der Waals surface area contributed by atoms with Crippen LogP contribution in [0, 0.1) is 10.1 Å². The Hall–Kier alpha value is -2.89. The van der Waals surface area contributed by atoms with E-state index in [1.165, 1.54) is 12.1 Å². The molecule has 0 saturated heterocycles. The number of hydrogen-bond acceptors (Lipinski definition) is 4. The largest absolute Gasteiger partial charge is 0.497 e. The molecule has 6 nitrogen and oxygen atoms in total. The standard InChI is InChI=1S/C16H15NO5/c1-22-15-4-2-11(3-5-15)6-12-7-13(10-17(20)21)9-14(8-12)16(18)19/h2-5,7-9H,6,10H2,1H3,(H,18,19). The lowest BCUT2D eigenvalue weighted by Crippen LogP contribution is -2.04. The van der Waals surface area contributed by atoms with E-state index in [2.05, 4.69) is 0 Å². The molecule has 0 radical (unpaired) electrons. The van der Waals surface area contributed by atoms with E-state index in [-0.39, 0.29) is 5.56 Å². The van der Waals surface area contributed by atoms with Crippen LogP contribution >= 0.6 is 0 Å². The van der Waals surface area contributed by atoms with Crippen molar-refractivity contribution in [3.05, 3.63) is 74.8 Å². The molecule has 0 aliphatic carbocycles. The summed E-state index contributed by atoms with van der Waals surface area (Å²) in [4.78, 5) is 21.3. The van der Waals surface area contributed by atoms with Gasteiger partial charge in [0.15, 0.2) is 0 Å². The Labute approximate surface area is 127 Å². The zero-order valence-corrected chi connectivity index (χ0v) is 12.0. The molecule has 0 aliphatic heterocycles. The Morgan fingerprint density at radius 3 is 2.32 bits per heavy atom. The third-order valence-electron chi connectivity index (χ3n) is 3.18. The summed E-state index contributed by atoms with van der Waals surface area (Å²) in [5.74, 6) is -0.363. The van der Waals surface area contributed by atoms with Gasteiger partial charge in [-0.2, -0.15) is 0 Å². The minimum atomic E-state index is -1.10. The lowest BCUT2D eigenvalue weighted by Gasteiger charge is -2.07. The Balaban J connectivity index is 2.29. The molecule has 0 spiro atoms. The number of carboxylic acids is 1. The van der Waals surface area contributed by atoms with Gasteiger partial charge in [-0.25, -0.2) is 4.79 Å². The quantitative estimate of drug-likeness (QED) is 0.654. The number of carboxylic acid groups (broad SMARTS) is 1. The van der Waals surface area contributed by atoms with Gasteiger partial charge >= 0.3 is 5.97 Å². The highest BCUT2D eigenvalue weighted by molar-refractivity contribution is 5.88. The molecular formula is C16H15NO5. The molecule has 0 fully saturated rings. The first-order valence-electron chi connectivity index (χ1n) is 6.59. The second-order valence-electron chi connectivity index (χ2n) is 4.86. The number of rotatable bonds is 6. The van der Waals surface area contributed by atoms with Crippen molar-refractivity contribution in [3.8, 4) is 5.75 Å². The molecule has 0 aliphatic rings. The summed E-state index contributed by atoms with van der Waals surface area (Å²) < 4.78 is 5.08. The SMILES string of the molecule is COc1ccc(Cc2cc(C[N+](=O)[O-])cc(C(=O)O)c2)cc1. The van der Waals surface area contributed by atoms with Crippen molar-refractivity contribution in [2.24, 2.45) is 0 Å².